The standard InChI is InChI=1S/C22H36O/c1-4-20(23)19-11-10-17-16-9-8-15-7-5-6-13-21(15,2)18(16)12-14-22(17,19)3/h4,15-19,23H,5-14H2,1-3H3/t15?,16-,17-,18-,19+,21-,22-/m0/s1. The molecular weight excluding hydrogens is 280 g/mol. The highest BCUT2D eigenvalue weighted by atomic mass is 16.3. The molecule has 0 aromatic rings. The predicted octanol–water partition coefficient (Wildman–Crippen LogP) is 6.50. The molecule has 0 spiro atoms. The monoisotopic (exact) mass is 316 g/mol. The lowest BCUT2D eigenvalue weighted by Gasteiger charge is -2.60. The Morgan fingerprint density at radius 1 is 0.870 bits per heavy atom. The Kier molecular flexibility index (Phi) is 3.85. The molecule has 0 bridgehead atoms. The summed E-state index contributed by atoms with van der Waals surface area (Å²) < 4.78 is 0. The van der Waals surface area contributed by atoms with Gasteiger partial charge in [-0.1, -0.05) is 26.7 Å². The summed E-state index contributed by atoms with van der Waals surface area (Å²) in [5.74, 6) is 4.94. The number of allylic oxidation sites excluding steroid dienone is 2. The summed E-state index contributed by atoms with van der Waals surface area (Å²) in [5.41, 5.74) is 1.01. The fourth-order valence-corrected chi connectivity index (χ4v) is 7.98. The van der Waals surface area contributed by atoms with Crippen molar-refractivity contribution in [3.05, 3.63) is 11.8 Å². The molecule has 0 radical (unpaired) electrons. The molecule has 0 aromatic heterocycles. The Hall–Kier alpha value is -0.460. The Labute approximate surface area is 142 Å². The van der Waals surface area contributed by atoms with Crippen LogP contribution in [0.3, 0.4) is 0 Å². The van der Waals surface area contributed by atoms with Crippen LogP contribution in [0.1, 0.15) is 85.0 Å². The van der Waals surface area contributed by atoms with Crippen LogP contribution in [0.4, 0.5) is 0 Å². The molecule has 4 fully saturated rings. The molecule has 4 aliphatic rings. The average molecular weight is 317 g/mol. The molecule has 0 aromatic carbocycles. The summed E-state index contributed by atoms with van der Waals surface area (Å²) in [7, 11) is 0. The third-order valence-electron chi connectivity index (χ3n) is 9.24. The number of aliphatic hydroxyl groups excluding tert-OH is 1. The van der Waals surface area contributed by atoms with E-state index in [4.69, 9.17) is 0 Å². The van der Waals surface area contributed by atoms with Crippen LogP contribution in [0.2, 0.25) is 0 Å². The van der Waals surface area contributed by atoms with Crippen molar-refractivity contribution in [3.63, 3.8) is 0 Å². The minimum atomic E-state index is 0.371. The van der Waals surface area contributed by atoms with Crippen molar-refractivity contribution in [2.24, 2.45) is 40.4 Å². The largest absolute Gasteiger partial charge is 0.512 e. The highest BCUT2D eigenvalue weighted by Gasteiger charge is 2.60. The maximum absolute atomic E-state index is 10.5. The Morgan fingerprint density at radius 2 is 1.65 bits per heavy atom. The summed E-state index contributed by atoms with van der Waals surface area (Å²) in [6, 6.07) is 0. The van der Waals surface area contributed by atoms with Gasteiger partial charge >= 0.3 is 0 Å². The number of aliphatic hydroxyl groups is 1. The van der Waals surface area contributed by atoms with Crippen LogP contribution in [-0.2, 0) is 0 Å². The maximum atomic E-state index is 10.5. The number of hydrogen-bond acceptors (Lipinski definition) is 1. The Morgan fingerprint density at radius 3 is 2.43 bits per heavy atom. The second kappa shape index (κ2) is 5.53. The SMILES string of the molecule is CC=C(O)[C@H]1CC[C@H]2[C@@H]3CCC4CCCC[C@]4(C)[C@H]3CC[C@]12C. The lowest BCUT2D eigenvalue weighted by Crippen LogP contribution is -2.52. The average Bonchev–Trinajstić information content (AvgIpc) is 2.91. The lowest BCUT2D eigenvalue weighted by molar-refractivity contribution is -0.110. The van der Waals surface area contributed by atoms with Crippen molar-refractivity contribution in [2.45, 2.75) is 85.0 Å². The van der Waals surface area contributed by atoms with Crippen LogP contribution >= 0.6 is 0 Å². The van der Waals surface area contributed by atoms with Crippen LogP contribution in [-0.4, -0.2) is 5.11 Å². The van der Waals surface area contributed by atoms with Crippen LogP contribution < -0.4 is 0 Å². The second-order valence-corrected chi connectivity index (χ2v) is 9.79. The van der Waals surface area contributed by atoms with E-state index in [-0.39, 0.29) is 0 Å². The summed E-state index contributed by atoms with van der Waals surface area (Å²) in [6.07, 6.45) is 16.2. The fourth-order valence-electron chi connectivity index (χ4n) is 7.98. The van der Waals surface area contributed by atoms with Crippen LogP contribution in [0, 0.1) is 40.4 Å². The topological polar surface area (TPSA) is 20.2 Å². The van der Waals surface area contributed by atoms with E-state index in [1.54, 1.807) is 0 Å². The Balaban J connectivity index is 1.62. The molecule has 4 aliphatic carbocycles. The molecule has 0 saturated heterocycles. The van der Waals surface area contributed by atoms with Crippen molar-refractivity contribution in [1.82, 2.24) is 0 Å². The first kappa shape index (κ1) is 16.0. The smallest absolute Gasteiger partial charge is 0.0916 e. The van der Waals surface area contributed by atoms with E-state index in [1.807, 2.05) is 13.0 Å². The predicted molar refractivity (Wildman–Crippen MR) is 96.2 cm³/mol. The van der Waals surface area contributed by atoms with E-state index in [2.05, 4.69) is 13.8 Å². The minimum absolute atomic E-state index is 0.371. The zero-order valence-electron chi connectivity index (χ0n) is 15.5. The van der Waals surface area contributed by atoms with E-state index in [9.17, 15) is 5.11 Å². The molecule has 4 rings (SSSR count). The van der Waals surface area contributed by atoms with Crippen LogP contribution in [0.5, 0.6) is 0 Å². The number of fused-ring (bicyclic) bond motifs is 5. The Bertz CT molecular complexity index is 494. The first-order chi connectivity index (χ1) is 11.0. The molecule has 1 heteroatoms. The van der Waals surface area contributed by atoms with Crippen LogP contribution in [0.25, 0.3) is 0 Å². The minimum Gasteiger partial charge on any atom is -0.512 e. The zero-order chi connectivity index (χ0) is 16.2. The van der Waals surface area contributed by atoms with Crippen molar-refractivity contribution in [1.29, 1.82) is 0 Å². The van der Waals surface area contributed by atoms with E-state index >= 15 is 0 Å². The maximum Gasteiger partial charge on any atom is 0.0916 e. The van der Waals surface area contributed by atoms with Gasteiger partial charge in [0.25, 0.3) is 0 Å². The van der Waals surface area contributed by atoms with Gasteiger partial charge in [-0.2, -0.15) is 0 Å². The molecule has 4 saturated carbocycles. The van der Waals surface area contributed by atoms with Gasteiger partial charge in [0.15, 0.2) is 0 Å². The summed E-state index contributed by atoms with van der Waals surface area (Å²) in [4.78, 5) is 0. The molecule has 7 atom stereocenters. The van der Waals surface area contributed by atoms with Crippen molar-refractivity contribution < 1.29 is 5.11 Å². The van der Waals surface area contributed by atoms with Gasteiger partial charge in [-0.15, -0.1) is 0 Å². The van der Waals surface area contributed by atoms with E-state index in [0.29, 0.717) is 22.5 Å². The molecule has 0 amide bonds. The molecule has 1 nitrogen and oxygen atoms in total. The normalized spacial score (nSPS) is 53.3. The van der Waals surface area contributed by atoms with E-state index in [1.165, 1.54) is 64.2 Å². The van der Waals surface area contributed by atoms with Gasteiger partial charge in [0.2, 0.25) is 0 Å². The van der Waals surface area contributed by atoms with Gasteiger partial charge < -0.3 is 5.11 Å². The molecule has 0 aliphatic heterocycles. The van der Waals surface area contributed by atoms with Gasteiger partial charge in [-0.25, -0.2) is 0 Å². The fraction of sp³-hybridized carbons (Fsp3) is 0.909. The third-order valence-corrected chi connectivity index (χ3v) is 9.24. The van der Waals surface area contributed by atoms with Gasteiger partial charge in [0.1, 0.15) is 0 Å². The first-order valence-electron chi connectivity index (χ1n) is 10.4. The number of hydrogen-bond donors (Lipinski definition) is 1. The lowest BCUT2D eigenvalue weighted by atomic mass is 9.45. The third kappa shape index (κ3) is 2.17. The molecular formula is C22H36O. The van der Waals surface area contributed by atoms with Crippen molar-refractivity contribution in [3.8, 4) is 0 Å². The van der Waals surface area contributed by atoms with Crippen molar-refractivity contribution in [2.75, 3.05) is 0 Å². The van der Waals surface area contributed by atoms with Gasteiger partial charge in [-0.05, 0) is 98.9 Å². The molecule has 1 unspecified atom stereocenters. The highest BCUT2D eigenvalue weighted by Crippen LogP contribution is 2.68. The summed E-state index contributed by atoms with van der Waals surface area (Å²) in [6.45, 7) is 7.18. The summed E-state index contributed by atoms with van der Waals surface area (Å²) >= 11 is 0. The first-order valence-corrected chi connectivity index (χ1v) is 10.4. The van der Waals surface area contributed by atoms with E-state index < -0.39 is 0 Å². The summed E-state index contributed by atoms with van der Waals surface area (Å²) in [5, 5.41) is 10.5. The molecule has 130 valence electrons. The van der Waals surface area contributed by atoms with Crippen molar-refractivity contribution >= 4 is 0 Å². The van der Waals surface area contributed by atoms with Gasteiger partial charge in [-0.3, -0.25) is 0 Å². The highest BCUT2D eigenvalue weighted by molar-refractivity contribution is 5.14. The van der Waals surface area contributed by atoms with Gasteiger partial charge in [0, 0.05) is 5.92 Å². The molecule has 23 heavy (non-hydrogen) atoms. The van der Waals surface area contributed by atoms with Gasteiger partial charge in [0.05, 0.1) is 5.76 Å². The van der Waals surface area contributed by atoms with E-state index in [0.717, 1.165) is 23.7 Å². The molecule has 0 heterocycles. The van der Waals surface area contributed by atoms with Crippen LogP contribution in [0.15, 0.2) is 11.8 Å². The number of rotatable bonds is 1. The zero-order valence-corrected chi connectivity index (χ0v) is 15.5. The molecule has 1 N–H and O–H groups in total. The second-order valence-electron chi connectivity index (χ2n) is 9.79. The quantitative estimate of drug-likeness (QED) is 0.548.